The first-order chi connectivity index (χ1) is 8.61. The van der Waals surface area contributed by atoms with Gasteiger partial charge >= 0.3 is 5.97 Å². The molecule has 0 saturated heterocycles. The molecule has 0 aromatic heterocycles. The number of rotatable bonds is 5. The molecule has 0 aliphatic carbocycles. The van der Waals surface area contributed by atoms with E-state index in [9.17, 15) is 13.6 Å². The lowest BCUT2D eigenvalue weighted by molar-refractivity contribution is 0.0524. The number of carbonyl (C=O) groups is 1. The molecule has 1 aromatic rings. The van der Waals surface area contributed by atoms with Crippen LogP contribution in [0.3, 0.4) is 0 Å². The van der Waals surface area contributed by atoms with Gasteiger partial charge in [-0.15, -0.1) is 0 Å². The lowest BCUT2D eigenvalue weighted by atomic mass is 9.97. The molecule has 0 unspecified atom stereocenters. The van der Waals surface area contributed by atoms with Gasteiger partial charge in [-0.2, -0.15) is 5.26 Å². The molecule has 1 aromatic carbocycles. The van der Waals surface area contributed by atoms with Crippen molar-refractivity contribution in [2.45, 2.75) is 26.2 Å². The van der Waals surface area contributed by atoms with Crippen LogP contribution in [0.4, 0.5) is 8.78 Å². The minimum absolute atomic E-state index is 0.0795. The zero-order valence-electron chi connectivity index (χ0n) is 9.95. The van der Waals surface area contributed by atoms with Gasteiger partial charge in [0.15, 0.2) is 0 Å². The Labute approximate surface area is 104 Å². The first kappa shape index (κ1) is 14.1. The molecule has 0 amide bonds. The van der Waals surface area contributed by atoms with Crippen LogP contribution in [-0.4, -0.2) is 12.6 Å². The predicted octanol–water partition coefficient (Wildman–Crippen LogP) is 3.26. The Balaban J connectivity index is 3.19. The second kappa shape index (κ2) is 6.70. The average Bonchev–Trinajstić information content (AvgIpc) is 2.36. The molecular weight excluding hydrogens is 240 g/mol. The minimum Gasteiger partial charge on any atom is -0.462 e. The highest BCUT2D eigenvalue weighted by Crippen LogP contribution is 2.27. The molecule has 0 saturated carbocycles. The van der Waals surface area contributed by atoms with E-state index >= 15 is 0 Å². The van der Waals surface area contributed by atoms with Gasteiger partial charge in [0.25, 0.3) is 6.43 Å². The Bertz CT molecular complexity index is 467. The van der Waals surface area contributed by atoms with Crippen LogP contribution >= 0.6 is 0 Å². The van der Waals surface area contributed by atoms with Crippen molar-refractivity contribution in [3.05, 3.63) is 34.9 Å². The standard InChI is InChI=1S/C13H13F2NO2/c1-2-18-13(17)11-6-3-5-10(12(14)15)9(11)7-4-8-16/h3,5-6,12H,2,4,7H2,1H3. The molecule has 0 fully saturated rings. The monoisotopic (exact) mass is 253 g/mol. The summed E-state index contributed by atoms with van der Waals surface area (Å²) < 4.78 is 30.5. The van der Waals surface area contributed by atoms with Gasteiger partial charge in [-0.25, -0.2) is 13.6 Å². The van der Waals surface area contributed by atoms with E-state index in [1.165, 1.54) is 18.2 Å². The Kier molecular flexibility index (Phi) is 5.25. The molecule has 0 spiro atoms. The van der Waals surface area contributed by atoms with Gasteiger partial charge in [0, 0.05) is 12.0 Å². The SMILES string of the molecule is CCOC(=O)c1cccc(C(F)F)c1CCC#N. The second-order valence-electron chi connectivity index (χ2n) is 3.55. The van der Waals surface area contributed by atoms with E-state index in [4.69, 9.17) is 10.00 Å². The highest BCUT2D eigenvalue weighted by molar-refractivity contribution is 5.91. The fourth-order valence-corrected chi connectivity index (χ4v) is 1.67. The predicted molar refractivity (Wildman–Crippen MR) is 61.3 cm³/mol. The zero-order chi connectivity index (χ0) is 13.5. The lowest BCUT2D eigenvalue weighted by Crippen LogP contribution is -2.10. The zero-order valence-corrected chi connectivity index (χ0v) is 9.95. The van der Waals surface area contributed by atoms with Crippen molar-refractivity contribution in [2.24, 2.45) is 0 Å². The lowest BCUT2D eigenvalue weighted by Gasteiger charge is -2.12. The number of nitriles is 1. The molecule has 3 nitrogen and oxygen atoms in total. The third-order valence-electron chi connectivity index (χ3n) is 2.43. The van der Waals surface area contributed by atoms with E-state index < -0.39 is 12.4 Å². The topological polar surface area (TPSA) is 50.1 Å². The van der Waals surface area contributed by atoms with Crippen molar-refractivity contribution in [2.75, 3.05) is 6.61 Å². The number of ether oxygens (including phenoxy) is 1. The first-order valence-electron chi connectivity index (χ1n) is 5.55. The Morgan fingerprint density at radius 2 is 2.22 bits per heavy atom. The third kappa shape index (κ3) is 3.27. The number of esters is 1. The fourth-order valence-electron chi connectivity index (χ4n) is 1.67. The van der Waals surface area contributed by atoms with Crippen molar-refractivity contribution in [1.82, 2.24) is 0 Å². The van der Waals surface area contributed by atoms with Crippen LogP contribution in [0.25, 0.3) is 0 Å². The van der Waals surface area contributed by atoms with E-state index in [0.29, 0.717) is 0 Å². The summed E-state index contributed by atoms with van der Waals surface area (Å²) in [6, 6.07) is 5.98. The molecule has 0 heterocycles. The van der Waals surface area contributed by atoms with Gasteiger partial charge < -0.3 is 4.74 Å². The summed E-state index contributed by atoms with van der Waals surface area (Å²) in [4.78, 5) is 11.7. The van der Waals surface area contributed by atoms with Crippen molar-refractivity contribution in [3.63, 3.8) is 0 Å². The van der Waals surface area contributed by atoms with Gasteiger partial charge in [0.2, 0.25) is 0 Å². The van der Waals surface area contributed by atoms with E-state index in [1.54, 1.807) is 6.92 Å². The maximum absolute atomic E-state index is 12.8. The number of nitrogens with zero attached hydrogens (tertiary/aromatic N) is 1. The number of carbonyl (C=O) groups excluding carboxylic acids is 1. The molecule has 96 valence electrons. The van der Waals surface area contributed by atoms with Crippen molar-refractivity contribution < 1.29 is 18.3 Å². The smallest absolute Gasteiger partial charge is 0.338 e. The molecule has 1 rings (SSSR count). The van der Waals surface area contributed by atoms with Crippen LogP contribution in [0.15, 0.2) is 18.2 Å². The van der Waals surface area contributed by atoms with E-state index in [2.05, 4.69) is 0 Å². The van der Waals surface area contributed by atoms with E-state index in [0.717, 1.165) is 0 Å². The number of benzene rings is 1. The molecule has 18 heavy (non-hydrogen) atoms. The quantitative estimate of drug-likeness (QED) is 0.757. The van der Waals surface area contributed by atoms with Crippen molar-refractivity contribution in [3.8, 4) is 6.07 Å². The largest absolute Gasteiger partial charge is 0.462 e. The molecule has 0 atom stereocenters. The summed E-state index contributed by atoms with van der Waals surface area (Å²) in [5.41, 5.74) is 0.105. The highest BCUT2D eigenvalue weighted by Gasteiger charge is 2.20. The van der Waals surface area contributed by atoms with Gasteiger partial charge in [0.1, 0.15) is 0 Å². The van der Waals surface area contributed by atoms with Crippen molar-refractivity contribution >= 4 is 5.97 Å². The average molecular weight is 253 g/mol. The summed E-state index contributed by atoms with van der Waals surface area (Å²) in [7, 11) is 0. The van der Waals surface area contributed by atoms with E-state index in [-0.39, 0.29) is 36.1 Å². The molecule has 0 bridgehead atoms. The molecule has 0 aliphatic rings. The van der Waals surface area contributed by atoms with Crippen molar-refractivity contribution in [1.29, 1.82) is 5.26 Å². The van der Waals surface area contributed by atoms with Gasteiger partial charge in [-0.1, -0.05) is 12.1 Å². The number of halogens is 2. The van der Waals surface area contributed by atoms with Crippen LogP contribution in [0.2, 0.25) is 0 Å². The first-order valence-corrected chi connectivity index (χ1v) is 5.55. The maximum atomic E-state index is 12.8. The number of hydrogen-bond acceptors (Lipinski definition) is 3. The van der Waals surface area contributed by atoms with Crippen LogP contribution in [-0.2, 0) is 11.2 Å². The maximum Gasteiger partial charge on any atom is 0.338 e. The molecular formula is C13H13F2NO2. The van der Waals surface area contributed by atoms with Crippen LogP contribution in [0.1, 0.15) is 41.3 Å². The van der Waals surface area contributed by atoms with Gasteiger partial charge in [-0.3, -0.25) is 0 Å². The molecule has 0 aliphatic heterocycles. The molecule has 0 N–H and O–H groups in total. The van der Waals surface area contributed by atoms with Crippen LogP contribution < -0.4 is 0 Å². The van der Waals surface area contributed by atoms with Crippen LogP contribution in [0.5, 0.6) is 0 Å². The second-order valence-corrected chi connectivity index (χ2v) is 3.55. The van der Waals surface area contributed by atoms with Gasteiger partial charge in [-0.05, 0) is 25.0 Å². The summed E-state index contributed by atoms with van der Waals surface area (Å²) in [6.45, 7) is 1.82. The number of hydrogen-bond donors (Lipinski definition) is 0. The third-order valence-corrected chi connectivity index (χ3v) is 2.43. The summed E-state index contributed by atoms with van der Waals surface area (Å²) in [5, 5.41) is 8.54. The van der Waals surface area contributed by atoms with Crippen LogP contribution in [0, 0.1) is 11.3 Å². The Morgan fingerprint density at radius 3 is 2.78 bits per heavy atom. The molecule has 0 radical (unpaired) electrons. The highest BCUT2D eigenvalue weighted by atomic mass is 19.3. The minimum atomic E-state index is -2.67. The summed E-state index contributed by atoms with van der Waals surface area (Å²) in [5.74, 6) is -0.632. The Hall–Kier alpha value is -1.96. The summed E-state index contributed by atoms with van der Waals surface area (Å²) in [6.07, 6.45) is -2.48. The summed E-state index contributed by atoms with van der Waals surface area (Å²) >= 11 is 0. The fraction of sp³-hybridized carbons (Fsp3) is 0.385. The van der Waals surface area contributed by atoms with Gasteiger partial charge in [0.05, 0.1) is 18.2 Å². The number of alkyl halides is 2. The van der Waals surface area contributed by atoms with E-state index in [1.807, 2.05) is 6.07 Å². The Morgan fingerprint density at radius 1 is 1.50 bits per heavy atom. The normalized spacial score (nSPS) is 10.2. The molecule has 5 heteroatoms.